The summed E-state index contributed by atoms with van der Waals surface area (Å²) in [6.45, 7) is 0. The van der Waals surface area contributed by atoms with Gasteiger partial charge in [-0.2, -0.15) is 0 Å². The Morgan fingerprint density at radius 1 is 0.882 bits per heavy atom. The molecule has 2 heteroatoms. The number of rotatable bonds is 4. The van der Waals surface area contributed by atoms with Crippen molar-refractivity contribution < 1.29 is 9.59 Å². The van der Waals surface area contributed by atoms with Crippen molar-refractivity contribution in [2.45, 2.75) is 57.8 Å². The van der Waals surface area contributed by atoms with E-state index < -0.39 is 0 Å². The van der Waals surface area contributed by atoms with E-state index in [1.165, 1.54) is 6.42 Å². The monoisotopic (exact) mass is 234 g/mol. The lowest BCUT2D eigenvalue weighted by Gasteiger charge is -2.21. The van der Waals surface area contributed by atoms with Crippen LogP contribution in [0, 0.1) is 11.8 Å². The summed E-state index contributed by atoms with van der Waals surface area (Å²) in [5.74, 6) is 0.702. The lowest BCUT2D eigenvalue weighted by molar-refractivity contribution is -0.131. The van der Waals surface area contributed by atoms with Gasteiger partial charge in [-0.15, -0.1) is 0 Å². The molecule has 0 spiro atoms. The molecule has 0 aromatic carbocycles. The topological polar surface area (TPSA) is 34.1 Å². The number of carbonyl (C=O) groups excluding carboxylic acids is 2. The van der Waals surface area contributed by atoms with E-state index in [4.69, 9.17) is 0 Å². The molecule has 2 aliphatic carbocycles. The number of carbonyl (C=O) groups is 2. The van der Waals surface area contributed by atoms with Crippen LogP contribution >= 0.6 is 0 Å². The third-order valence-corrected chi connectivity index (χ3v) is 4.13. The third-order valence-electron chi connectivity index (χ3n) is 4.13. The highest BCUT2D eigenvalue weighted by Crippen LogP contribution is 2.27. The van der Waals surface area contributed by atoms with Crippen LogP contribution in [0.1, 0.15) is 57.8 Å². The van der Waals surface area contributed by atoms with Crippen LogP contribution in [0.5, 0.6) is 0 Å². The van der Waals surface area contributed by atoms with E-state index in [1.54, 1.807) is 0 Å². The Balaban J connectivity index is 1.80. The second-order valence-corrected chi connectivity index (χ2v) is 5.43. The maximum atomic E-state index is 12.0. The van der Waals surface area contributed by atoms with Gasteiger partial charge in [0.25, 0.3) is 0 Å². The van der Waals surface area contributed by atoms with Crippen molar-refractivity contribution in [3.05, 3.63) is 12.2 Å². The Labute approximate surface area is 103 Å². The van der Waals surface area contributed by atoms with Crippen molar-refractivity contribution in [2.75, 3.05) is 0 Å². The summed E-state index contributed by atoms with van der Waals surface area (Å²) >= 11 is 0. The zero-order valence-corrected chi connectivity index (χ0v) is 10.5. The molecule has 0 aliphatic heterocycles. The normalized spacial score (nSPS) is 25.8. The molecule has 2 aliphatic rings. The lowest BCUT2D eigenvalue weighted by Crippen LogP contribution is -2.24. The van der Waals surface area contributed by atoms with Gasteiger partial charge in [0.05, 0.1) is 6.42 Å². The van der Waals surface area contributed by atoms with E-state index in [-0.39, 0.29) is 29.8 Å². The predicted molar refractivity (Wildman–Crippen MR) is 67.7 cm³/mol. The van der Waals surface area contributed by atoms with E-state index in [2.05, 4.69) is 12.2 Å². The van der Waals surface area contributed by atoms with Crippen LogP contribution in [0.25, 0.3) is 0 Å². The maximum absolute atomic E-state index is 12.0. The highest BCUT2D eigenvalue weighted by Gasteiger charge is 2.26. The molecular weight excluding hydrogens is 212 g/mol. The van der Waals surface area contributed by atoms with Crippen molar-refractivity contribution in [3.8, 4) is 0 Å². The molecule has 1 atom stereocenters. The number of hydrogen-bond acceptors (Lipinski definition) is 2. The standard InChI is InChI=1S/C15H22O2/c16-14(12-7-3-1-4-8-12)11-15(17)13-9-5-2-6-10-13/h1,3,12-13H,2,4-11H2. The third kappa shape index (κ3) is 3.52. The van der Waals surface area contributed by atoms with Crippen LogP contribution < -0.4 is 0 Å². The molecule has 0 aromatic heterocycles. The molecule has 0 saturated heterocycles. The Hall–Kier alpha value is -0.920. The molecule has 94 valence electrons. The molecule has 1 saturated carbocycles. The smallest absolute Gasteiger partial charge is 0.143 e. The SMILES string of the molecule is O=C(CC(=O)C1CCCCC1)C1CC=CCC1. The minimum Gasteiger partial charge on any atom is -0.299 e. The van der Waals surface area contributed by atoms with E-state index in [1.807, 2.05) is 0 Å². The first-order valence-electron chi connectivity index (χ1n) is 6.98. The molecule has 0 heterocycles. The second-order valence-electron chi connectivity index (χ2n) is 5.43. The lowest BCUT2D eigenvalue weighted by atomic mass is 9.82. The molecule has 0 radical (unpaired) electrons. The van der Waals surface area contributed by atoms with Crippen LogP contribution in [0.3, 0.4) is 0 Å². The first kappa shape index (κ1) is 12.5. The first-order chi connectivity index (χ1) is 8.27. The Morgan fingerprint density at radius 3 is 2.24 bits per heavy atom. The molecule has 0 N–H and O–H groups in total. The fourth-order valence-electron chi connectivity index (χ4n) is 2.97. The van der Waals surface area contributed by atoms with Gasteiger partial charge in [-0.05, 0) is 32.1 Å². The van der Waals surface area contributed by atoms with E-state index in [0.717, 1.165) is 44.9 Å². The van der Waals surface area contributed by atoms with Crippen LogP contribution in [0.4, 0.5) is 0 Å². The molecule has 17 heavy (non-hydrogen) atoms. The van der Waals surface area contributed by atoms with Crippen molar-refractivity contribution in [1.82, 2.24) is 0 Å². The van der Waals surface area contributed by atoms with Gasteiger partial charge in [0, 0.05) is 11.8 Å². The van der Waals surface area contributed by atoms with Gasteiger partial charge in [-0.3, -0.25) is 9.59 Å². The van der Waals surface area contributed by atoms with Crippen LogP contribution in [-0.2, 0) is 9.59 Å². The van der Waals surface area contributed by atoms with E-state index in [9.17, 15) is 9.59 Å². The van der Waals surface area contributed by atoms with Crippen molar-refractivity contribution >= 4 is 11.6 Å². The quantitative estimate of drug-likeness (QED) is 0.551. The molecule has 1 fully saturated rings. The van der Waals surface area contributed by atoms with Gasteiger partial charge < -0.3 is 0 Å². The summed E-state index contributed by atoms with van der Waals surface area (Å²) in [5.41, 5.74) is 0. The Kier molecular flexibility index (Phi) is 4.52. The number of ketones is 2. The first-order valence-corrected chi connectivity index (χ1v) is 6.98. The summed E-state index contributed by atoms with van der Waals surface area (Å²) in [5, 5.41) is 0. The van der Waals surface area contributed by atoms with E-state index >= 15 is 0 Å². The average molecular weight is 234 g/mol. The van der Waals surface area contributed by atoms with Gasteiger partial charge >= 0.3 is 0 Å². The zero-order chi connectivity index (χ0) is 12.1. The highest BCUT2D eigenvalue weighted by atomic mass is 16.1. The average Bonchev–Trinajstić information content (AvgIpc) is 2.40. The molecule has 0 amide bonds. The van der Waals surface area contributed by atoms with Gasteiger partial charge in [-0.1, -0.05) is 31.4 Å². The second kappa shape index (κ2) is 6.13. The largest absolute Gasteiger partial charge is 0.299 e. The summed E-state index contributed by atoms with van der Waals surface area (Å²) in [7, 11) is 0. The van der Waals surface area contributed by atoms with Crippen LogP contribution in [0.15, 0.2) is 12.2 Å². The van der Waals surface area contributed by atoms with E-state index in [0.29, 0.717) is 0 Å². The predicted octanol–water partition coefficient (Wildman–Crippen LogP) is 3.45. The highest BCUT2D eigenvalue weighted by molar-refractivity contribution is 6.01. The van der Waals surface area contributed by atoms with Crippen LogP contribution in [-0.4, -0.2) is 11.6 Å². The zero-order valence-electron chi connectivity index (χ0n) is 10.5. The van der Waals surface area contributed by atoms with Crippen molar-refractivity contribution in [3.63, 3.8) is 0 Å². The Bertz CT molecular complexity index is 311. The number of allylic oxidation sites excluding steroid dienone is 2. The van der Waals surface area contributed by atoms with Crippen molar-refractivity contribution in [2.24, 2.45) is 11.8 Å². The summed E-state index contributed by atoms with van der Waals surface area (Å²) in [6.07, 6.45) is 12.8. The molecule has 2 nitrogen and oxygen atoms in total. The molecule has 0 aromatic rings. The summed E-state index contributed by atoms with van der Waals surface area (Å²) < 4.78 is 0. The molecule has 2 rings (SSSR count). The number of Topliss-reactive ketones (excluding diaryl/α,β-unsaturated/α-hetero) is 2. The molecule has 1 unspecified atom stereocenters. The van der Waals surface area contributed by atoms with Crippen LogP contribution in [0.2, 0.25) is 0 Å². The fourth-order valence-corrected chi connectivity index (χ4v) is 2.97. The Morgan fingerprint density at radius 2 is 1.59 bits per heavy atom. The fraction of sp³-hybridized carbons (Fsp3) is 0.733. The van der Waals surface area contributed by atoms with Crippen molar-refractivity contribution in [1.29, 1.82) is 0 Å². The van der Waals surface area contributed by atoms with Gasteiger partial charge in [0.2, 0.25) is 0 Å². The number of hydrogen-bond donors (Lipinski definition) is 0. The minimum absolute atomic E-state index is 0.118. The molecular formula is C15H22O2. The summed E-state index contributed by atoms with van der Waals surface area (Å²) in [6, 6.07) is 0. The maximum Gasteiger partial charge on any atom is 0.143 e. The van der Waals surface area contributed by atoms with Gasteiger partial charge in [0.15, 0.2) is 0 Å². The summed E-state index contributed by atoms with van der Waals surface area (Å²) in [4.78, 5) is 24.0. The van der Waals surface area contributed by atoms with Gasteiger partial charge in [-0.25, -0.2) is 0 Å². The molecule has 0 bridgehead atoms. The van der Waals surface area contributed by atoms with Gasteiger partial charge in [0.1, 0.15) is 11.6 Å². The minimum atomic E-state index is 0.118.